The Morgan fingerprint density at radius 2 is 1.50 bits per heavy atom. The largest absolute Gasteiger partial charge is 0.325 e. The van der Waals surface area contributed by atoms with E-state index in [-0.39, 0.29) is 29.4 Å². The zero-order valence-electron chi connectivity index (χ0n) is 15.8. The summed E-state index contributed by atoms with van der Waals surface area (Å²) in [5.74, 6) is 0.0228. The van der Waals surface area contributed by atoms with E-state index in [1.54, 1.807) is 11.9 Å². The van der Waals surface area contributed by atoms with Gasteiger partial charge in [0.15, 0.2) is 0 Å². The van der Waals surface area contributed by atoms with Crippen molar-refractivity contribution in [2.24, 2.45) is 5.41 Å². The fourth-order valence-electron chi connectivity index (χ4n) is 3.84. The lowest BCUT2D eigenvalue weighted by molar-refractivity contribution is -0.150. The lowest BCUT2D eigenvalue weighted by Crippen LogP contribution is -2.62. The average Bonchev–Trinajstić information content (AvgIpc) is 2.63. The van der Waals surface area contributed by atoms with E-state index in [1.165, 1.54) is 0 Å². The Morgan fingerprint density at radius 1 is 0.962 bits per heavy atom. The van der Waals surface area contributed by atoms with Crippen LogP contribution in [0.2, 0.25) is 0 Å². The molecule has 136 valence electrons. The minimum Gasteiger partial charge on any atom is -0.325 e. The van der Waals surface area contributed by atoms with Gasteiger partial charge in [-0.1, -0.05) is 69.3 Å². The molecule has 0 aliphatic carbocycles. The number of rotatable bonds is 2. The lowest BCUT2D eigenvalue weighted by Gasteiger charge is -2.52. The zero-order valence-corrected chi connectivity index (χ0v) is 15.8. The summed E-state index contributed by atoms with van der Waals surface area (Å²) >= 11 is 0. The van der Waals surface area contributed by atoms with Gasteiger partial charge >= 0.3 is 0 Å². The Bertz CT molecular complexity index is 781. The molecule has 1 saturated heterocycles. The molecule has 0 radical (unpaired) electrons. The molecule has 0 spiro atoms. The molecule has 0 aromatic heterocycles. The third-order valence-electron chi connectivity index (χ3n) is 4.94. The molecule has 0 saturated carbocycles. The zero-order chi connectivity index (χ0) is 18.9. The Hall–Kier alpha value is -2.62. The molecule has 2 aromatic rings. The van der Waals surface area contributed by atoms with E-state index in [0.717, 1.165) is 5.56 Å². The van der Waals surface area contributed by atoms with E-state index in [2.05, 4.69) is 20.8 Å². The standard InChI is InChI=1S/C22H26N2O2/c1-22(2,3)21-23(4)19(25)15-18(16-11-7-5-8-12-16)24(21)20(26)17-13-9-6-10-14-17/h5-14,18,21H,15H2,1-4H3/t18-,21-/m0/s1. The first-order valence-corrected chi connectivity index (χ1v) is 8.99. The Kier molecular flexibility index (Phi) is 4.86. The van der Waals surface area contributed by atoms with Crippen LogP contribution >= 0.6 is 0 Å². The molecule has 0 unspecified atom stereocenters. The van der Waals surface area contributed by atoms with Gasteiger partial charge in [-0.2, -0.15) is 0 Å². The molecule has 3 rings (SSSR count). The molecule has 0 bridgehead atoms. The Balaban J connectivity index is 2.12. The summed E-state index contributed by atoms with van der Waals surface area (Å²) in [6, 6.07) is 18.9. The van der Waals surface area contributed by atoms with Crippen molar-refractivity contribution in [2.45, 2.75) is 39.4 Å². The number of amides is 2. The smallest absolute Gasteiger partial charge is 0.256 e. The molecule has 1 heterocycles. The molecule has 1 aliphatic rings. The predicted molar refractivity (Wildman–Crippen MR) is 102 cm³/mol. The van der Waals surface area contributed by atoms with Gasteiger partial charge in [0, 0.05) is 18.0 Å². The molecule has 2 aromatic carbocycles. The van der Waals surface area contributed by atoms with Gasteiger partial charge in [-0.15, -0.1) is 0 Å². The highest BCUT2D eigenvalue weighted by Gasteiger charge is 2.46. The first kappa shape index (κ1) is 18.2. The van der Waals surface area contributed by atoms with Crippen LogP contribution < -0.4 is 0 Å². The van der Waals surface area contributed by atoms with Crippen molar-refractivity contribution in [3.05, 3.63) is 71.8 Å². The molecule has 1 fully saturated rings. The van der Waals surface area contributed by atoms with Gasteiger partial charge in [-0.25, -0.2) is 0 Å². The summed E-state index contributed by atoms with van der Waals surface area (Å²) in [5.41, 5.74) is 1.36. The van der Waals surface area contributed by atoms with Crippen LogP contribution in [0.1, 0.15) is 49.2 Å². The highest BCUT2D eigenvalue weighted by Crippen LogP contribution is 2.40. The van der Waals surface area contributed by atoms with E-state index >= 15 is 0 Å². The first-order valence-electron chi connectivity index (χ1n) is 8.99. The third kappa shape index (κ3) is 3.36. The number of benzene rings is 2. The Labute approximate surface area is 155 Å². The molecule has 4 heteroatoms. The van der Waals surface area contributed by atoms with Crippen LogP contribution in [0.25, 0.3) is 0 Å². The van der Waals surface area contributed by atoms with Crippen molar-refractivity contribution in [2.75, 3.05) is 7.05 Å². The minimum absolute atomic E-state index is 0.0428. The number of carbonyl (C=O) groups excluding carboxylic acids is 2. The second-order valence-corrected chi connectivity index (χ2v) is 7.95. The average molecular weight is 350 g/mol. The van der Waals surface area contributed by atoms with Crippen LogP contribution in [-0.2, 0) is 4.79 Å². The summed E-state index contributed by atoms with van der Waals surface area (Å²) in [6.45, 7) is 6.21. The van der Waals surface area contributed by atoms with Crippen molar-refractivity contribution < 1.29 is 9.59 Å². The van der Waals surface area contributed by atoms with Gasteiger partial charge in [-0.05, 0) is 17.7 Å². The van der Waals surface area contributed by atoms with Gasteiger partial charge in [-0.3, -0.25) is 9.59 Å². The number of hydrogen-bond donors (Lipinski definition) is 0. The van der Waals surface area contributed by atoms with Gasteiger partial charge in [0.05, 0.1) is 12.5 Å². The van der Waals surface area contributed by atoms with Crippen molar-refractivity contribution >= 4 is 11.8 Å². The topological polar surface area (TPSA) is 40.6 Å². The highest BCUT2D eigenvalue weighted by molar-refractivity contribution is 5.96. The molecule has 26 heavy (non-hydrogen) atoms. The van der Waals surface area contributed by atoms with E-state index in [0.29, 0.717) is 12.0 Å². The summed E-state index contributed by atoms with van der Waals surface area (Å²) in [7, 11) is 1.80. The highest BCUT2D eigenvalue weighted by atomic mass is 16.2. The number of carbonyl (C=O) groups is 2. The SMILES string of the molecule is CN1C(=O)C[C@@H](c2ccccc2)N(C(=O)c2ccccc2)[C@H]1C(C)(C)C. The van der Waals surface area contributed by atoms with Crippen molar-refractivity contribution in [3.63, 3.8) is 0 Å². The summed E-state index contributed by atoms with van der Waals surface area (Å²) in [4.78, 5) is 29.8. The van der Waals surface area contributed by atoms with E-state index in [4.69, 9.17) is 0 Å². The van der Waals surface area contributed by atoms with Crippen LogP contribution in [0.4, 0.5) is 0 Å². The monoisotopic (exact) mass is 350 g/mol. The molecule has 4 nitrogen and oxygen atoms in total. The van der Waals surface area contributed by atoms with Gasteiger partial charge < -0.3 is 9.80 Å². The second-order valence-electron chi connectivity index (χ2n) is 7.95. The van der Waals surface area contributed by atoms with Crippen LogP contribution in [0.3, 0.4) is 0 Å². The maximum atomic E-state index is 13.5. The quantitative estimate of drug-likeness (QED) is 0.818. The molecule has 2 atom stereocenters. The number of nitrogens with zero attached hydrogens (tertiary/aromatic N) is 2. The van der Waals surface area contributed by atoms with Crippen LogP contribution in [-0.4, -0.2) is 34.8 Å². The third-order valence-corrected chi connectivity index (χ3v) is 4.94. The van der Waals surface area contributed by atoms with Gasteiger partial charge in [0.1, 0.15) is 6.17 Å². The van der Waals surface area contributed by atoms with E-state index in [9.17, 15) is 9.59 Å². The molecule has 0 N–H and O–H groups in total. The molecule has 1 aliphatic heterocycles. The summed E-state index contributed by atoms with van der Waals surface area (Å²) < 4.78 is 0. The van der Waals surface area contributed by atoms with Crippen LogP contribution in [0.5, 0.6) is 0 Å². The lowest BCUT2D eigenvalue weighted by atomic mass is 9.85. The van der Waals surface area contributed by atoms with Gasteiger partial charge in [0.2, 0.25) is 5.91 Å². The van der Waals surface area contributed by atoms with E-state index < -0.39 is 0 Å². The molecular formula is C22H26N2O2. The van der Waals surface area contributed by atoms with Crippen LogP contribution in [0.15, 0.2) is 60.7 Å². The maximum Gasteiger partial charge on any atom is 0.256 e. The Morgan fingerprint density at radius 3 is 2.04 bits per heavy atom. The fourth-order valence-corrected chi connectivity index (χ4v) is 3.84. The molecular weight excluding hydrogens is 324 g/mol. The number of hydrogen-bond acceptors (Lipinski definition) is 2. The second kappa shape index (κ2) is 6.94. The van der Waals surface area contributed by atoms with Crippen molar-refractivity contribution in [3.8, 4) is 0 Å². The molecule has 2 amide bonds. The van der Waals surface area contributed by atoms with Crippen LogP contribution in [0, 0.1) is 5.41 Å². The van der Waals surface area contributed by atoms with Crippen molar-refractivity contribution in [1.29, 1.82) is 0 Å². The van der Waals surface area contributed by atoms with Gasteiger partial charge in [0.25, 0.3) is 5.91 Å². The summed E-state index contributed by atoms with van der Waals surface area (Å²) in [6.07, 6.45) is -0.0206. The fraction of sp³-hybridized carbons (Fsp3) is 0.364. The maximum absolute atomic E-state index is 13.5. The summed E-state index contributed by atoms with van der Waals surface area (Å²) in [5, 5.41) is 0. The first-order chi connectivity index (χ1) is 12.3. The van der Waals surface area contributed by atoms with E-state index in [1.807, 2.05) is 65.6 Å². The van der Waals surface area contributed by atoms with Crippen molar-refractivity contribution in [1.82, 2.24) is 9.80 Å². The normalized spacial score (nSPS) is 21.0. The predicted octanol–water partition coefficient (Wildman–Crippen LogP) is 4.10. The minimum atomic E-state index is -0.318.